The van der Waals surface area contributed by atoms with Gasteiger partial charge in [-0.2, -0.15) is 13.2 Å². The van der Waals surface area contributed by atoms with Crippen LogP contribution in [0.3, 0.4) is 0 Å². The number of alkyl halides is 3. The Morgan fingerprint density at radius 3 is 2.62 bits per heavy atom. The van der Waals surface area contributed by atoms with Crippen molar-refractivity contribution in [2.45, 2.75) is 13.1 Å². The van der Waals surface area contributed by atoms with Gasteiger partial charge in [-0.05, 0) is 13.0 Å². The van der Waals surface area contributed by atoms with Crippen LogP contribution in [-0.2, 0) is 6.18 Å². The summed E-state index contributed by atoms with van der Waals surface area (Å²) in [6.07, 6.45) is -3.87. The fourth-order valence-corrected chi connectivity index (χ4v) is 1.07. The molecule has 0 bridgehead atoms. The first kappa shape index (κ1) is 12.3. The second-order valence-electron chi connectivity index (χ2n) is 2.92. The summed E-state index contributed by atoms with van der Waals surface area (Å²) in [5, 5.41) is 7.14. The molecule has 88 valence electrons. The average molecular weight is 233 g/mol. The minimum Gasteiger partial charge on any atom is -0.491 e. The Morgan fingerprint density at radius 1 is 1.56 bits per heavy atom. The molecule has 0 radical (unpaired) electrons. The summed E-state index contributed by atoms with van der Waals surface area (Å²) in [5.41, 5.74) is 4.15. The van der Waals surface area contributed by atoms with Crippen molar-refractivity contribution < 1.29 is 17.9 Å². The predicted molar refractivity (Wildman–Crippen MR) is 51.4 cm³/mol. The van der Waals surface area contributed by atoms with E-state index in [1.165, 1.54) is 0 Å². The quantitative estimate of drug-likeness (QED) is 0.617. The van der Waals surface area contributed by atoms with Gasteiger partial charge in [0.05, 0.1) is 12.2 Å². The topological polar surface area (TPSA) is 72.0 Å². The first-order valence-corrected chi connectivity index (χ1v) is 4.40. The summed E-state index contributed by atoms with van der Waals surface area (Å²) in [4.78, 5) is 3.47. The number of hydrogen-bond donors (Lipinski definition) is 2. The highest BCUT2D eigenvalue weighted by Crippen LogP contribution is 2.31. The number of nitrogens with zero attached hydrogens (tertiary/aromatic N) is 1. The number of nitrogen functional groups attached to an aromatic ring is 1. The van der Waals surface area contributed by atoms with Crippen LogP contribution in [0.4, 0.5) is 13.2 Å². The third-order valence-electron chi connectivity index (χ3n) is 1.74. The summed E-state index contributed by atoms with van der Waals surface area (Å²) in [6.45, 7) is 1.79. The van der Waals surface area contributed by atoms with Gasteiger partial charge in [0.2, 0.25) is 0 Å². The molecule has 0 atom stereocenters. The summed E-state index contributed by atoms with van der Waals surface area (Å²) in [7, 11) is 0. The van der Waals surface area contributed by atoms with E-state index in [2.05, 4.69) is 4.98 Å². The number of pyridine rings is 1. The van der Waals surface area contributed by atoms with Crippen molar-refractivity contribution >= 4 is 5.84 Å². The fraction of sp³-hybridized carbons (Fsp3) is 0.333. The molecule has 0 amide bonds. The van der Waals surface area contributed by atoms with Gasteiger partial charge < -0.3 is 10.5 Å². The molecule has 0 unspecified atom stereocenters. The Hall–Kier alpha value is -1.79. The molecular formula is C9H10F3N3O. The van der Waals surface area contributed by atoms with Crippen LogP contribution in [0.15, 0.2) is 12.3 Å². The van der Waals surface area contributed by atoms with E-state index in [1.807, 2.05) is 0 Å². The van der Waals surface area contributed by atoms with E-state index < -0.39 is 17.6 Å². The Bertz CT molecular complexity index is 403. The van der Waals surface area contributed by atoms with Gasteiger partial charge in [0.25, 0.3) is 0 Å². The van der Waals surface area contributed by atoms with E-state index in [9.17, 15) is 13.2 Å². The van der Waals surface area contributed by atoms with Crippen LogP contribution in [-0.4, -0.2) is 17.4 Å². The Balaban J connectivity index is 3.22. The van der Waals surface area contributed by atoms with E-state index in [1.54, 1.807) is 6.92 Å². The second-order valence-corrected chi connectivity index (χ2v) is 2.92. The normalized spacial score (nSPS) is 11.2. The zero-order valence-corrected chi connectivity index (χ0v) is 8.43. The van der Waals surface area contributed by atoms with Crippen molar-refractivity contribution in [1.29, 1.82) is 5.41 Å². The van der Waals surface area contributed by atoms with Crippen LogP contribution >= 0.6 is 0 Å². The van der Waals surface area contributed by atoms with Gasteiger partial charge in [0.1, 0.15) is 17.3 Å². The number of nitrogens with one attached hydrogen (secondary N) is 1. The van der Waals surface area contributed by atoms with E-state index in [0.29, 0.717) is 6.20 Å². The van der Waals surface area contributed by atoms with Gasteiger partial charge in [-0.25, -0.2) is 4.98 Å². The van der Waals surface area contributed by atoms with Gasteiger partial charge in [-0.1, -0.05) is 0 Å². The SMILES string of the molecule is CCOc1cc(C(F)(F)F)cnc1C(=N)N. The summed E-state index contributed by atoms with van der Waals surface area (Å²) in [5.74, 6) is -0.568. The molecule has 4 nitrogen and oxygen atoms in total. The molecule has 0 spiro atoms. The molecule has 0 aliphatic carbocycles. The zero-order valence-electron chi connectivity index (χ0n) is 8.43. The lowest BCUT2D eigenvalue weighted by Crippen LogP contribution is -2.17. The van der Waals surface area contributed by atoms with Crippen molar-refractivity contribution in [2.24, 2.45) is 5.73 Å². The van der Waals surface area contributed by atoms with Crippen LogP contribution in [0.25, 0.3) is 0 Å². The second kappa shape index (κ2) is 4.38. The molecule has 0 saturated heterocycles. The molecule has 0 aromatic carbocycles. The summed E-state index contributed by atoms with van der Waals surface area (Å²) < 4.78 is 42.0. The number of hydrogen-bond acceptors (Lipinski definition) is 3. The Kier molecular flexibility index (Phi) is 3.36. The minimum absolute atomic E-state index is 0.0881. The lowest BCUT2D eigenvalue weighted by Gasteiger charge is -2.11. The fourth-order valence-electron chi connectivity index (χ4n) is 1.07. The predicted octanol–water partition coefficient (Wildman–Crippen LogP) is 1.78. The molecule has 0 fully saturated rings. The first-order valence-electron chi connectivity index (χ1n) is 4.40. The van der Waals surface area contributed by atoms with Crippen molar-refractivity contribution in [3.8, 4) is 5.75 Å². The molecule has 0 saturated carbocycles. The van der Waals surface area contributed by atoms with Crippen molar-refractivity contribution in [1.82, 2.24) is 4.98 Å². The number of amidine groups is 1. The first-order chi connectivity index (χ1) is 7.36. The number of ether oxygens (including phenoxy) is 1. The lowest BCUT2D eigenvalue weighted by atomic mass is 10.2. The highest BCUT2D eigenvalue weighted by atomic mass is 19.4. The third-order valence-corrected chi connectivity index (χ3v) is 1.74. The van der Waals surface area contributed by atoms with Gasteiger partial charge in [-0.15, -0.1) is 0 Å². The van der Waals surface area contributed by atoms with Crippen LogP contribution in [0.2, 0.25) is 0 Å². The standard InChI is InChI=1S/C9H10F3N3O/c1-2-16-6-3-5(9(10,11)12)4-15-7(6)8(13)14/h3-4H,2H2,1H3,(H3,13,14). The van der Waals surface area contributed by atoms with E-state index in [-0.39, 0.29) is 18.1 Å². The Labute approximate surface area is 89.7 Å². The molecule has 1 aromatic rings. The maximum absolute atomic E-state index is 12.4. The maximum atomic E-state index is 12.4. The van der Waals surface area contributed by atoms with E-state index in [0.717, 1.165) is 6.07 Å². The smallest absolute Gasteiger partial charge is 0.418 e. The average Bonchev–Trinajstić information content (AvgIpc) is 2.16. The van der Waals surface area contributed by atoms with Crippen molar-refractivity contribution in [3.05, 3.63) is 23.5 Å². The Morgan fingerprint density at radius 2 is 2.19 bits per heavy atom. The summed E-state index contributed by atoms with van der Waals surface area (Å²) in [6, 6.07) is 0.785. The van der Waals surface area contributed by atoms with E-state index >= 15 is 0 Å². The van der Waals surface area contributed by atoms with Gasteiger partial charge >= 0.3 is 6.18 Å². The highest BCUT2D eigenvalue weighted by molar-refractivity contribution is 5.95. The third kappa shape index (κ3) is 2.62. The van der Waals surface area contributed by atoms with Crippen LogP contribution in [0.1, 0.15) is 18.2 Å². The van der Waals surface area contributed by atoms with Gasteiger partial charge in [0.15, 0.2) is 0 Å². The van der Waals surface area contributed by atoms with Crippen LogP contribution in [0.5, 0.6) is 5.75 Å². The maximum Gasteiger partial charge on any atom is 0.418 e. The number of aromatic nitrogens is 1. The molecule has 0 aliphatic rings. The number of rotatable bonds is 3. The van der Waals surface area contributed by atoms with Gasteiger partial charge in [-0.3, -0.25) is 5.41 Å². The molecule has 3 N–H and O–H groups in total. The molecule has 1 aromatic heterocycles. The van der Waals surface area contributed by atoms with Crippen molar-refractivity contribution in [2.75, 3.05) is 6.61 Å². The molecule has 1 heterocycles. The van der Waals surface area contributed by atoms with Crippen LogP contribution in [0, 0.1) is 5.41 Å². The molecule has 0 aliphatic heterocycles. The minimum atomic E-state index is -4.49. The van der Waals surface area contributed by atoms with E-state index in [4.69, 9.17) is 15.9 Å². The molecular weight excluding hydrogens is 223 g/mol. The highest BCUT2D eigenvalue weighted by Gasteiger charge is 2.32. The zero-order chi connectivity index (χ0) is 12.3. The number of halogens is 3. The lowest BCUT2D eigenvalue weighted by molar-refractivity contribution is -0.137. The largest absolute Gasteiger partial charge is 0.491 e. The monoisotopic (exact) mass is 233 g/mol. The van der Waals surface area contributed by atoms with Gasteiger partial charge in [0, 0.05) is 6.20 Å². The number of nitrogens with two attached hydrogens (primary N) is 1. The molecule has 7 heteroatoms. The molecule has 1 rings (SSSR count). The summed E-state index contributed by atoms with van der Waals surface area (Å²) >= 11 is 0. The van der Waals surface area contributed by atoms with Crippen molar-refractivity contribution in [3.63, 3.8) is 0 Å². The van der Waals surface area contributed by atoms with Crippen LogP contribution < -0.4 is 10.5 Å². The molecule has 16 heavy (non-hydrogen) atoms.